The number of aromatic amines is 1. The number of carbonyl (C=O) groups excluding carboxylic acids is 1. The molecular weight excluding hydrogens is 559 g/mol. The Balaban J connectivity index is 1.98. The van der Waals surface area contributed by atoms with Crippen molar-refractivity contribution in [3.8, 4) is 5.75 Å². The van der Waals surface area contributed by atoms with Crippen molar-refractivity contribution in [1.29, 1.82) is 0 Å². The van der Waals surface area contributed by atoms with Crippen molar-refractivity contribution in [3.05, 3.63) is 57.5 Å². The largest absolute Gasteiger partial charge is 0.501 e. The number of carboxylic acid groups (broad SMARTS) is 1. The zero-order chi connectivity index (χ0) is 31.7. The van der Waals surface area contributed by atoms with Crippen LogP contribution in [0.2, 0.25) is 18.1 Å². The lowest BCUT2D eigenvalue weighted by Gasteiger charge is -2.40. The van der Waals surface area contributed by atoms with Crippen LogP contribution < -0.4 is 10.9 Å². The van der Waals surface area contributed by atoms with Gasteiger partial charge in [0.05, 0.1) is 0 Å². The third kappa shape index (κ3) is 7.57. The number of hydrogen-bond donors (Lipinski definition) is 4. The maximum atomic E-state index is 13.3. The summed E-state index contributed by atoms with van der Waals surface area (Å²) in [6.07, 6.45) is 0.582. The minimum Gasteiger partial charge on any atom is -0.501 e. The quantitative estimate of drug-likeness (QED) is 0.281. The zero-order valence-corrected chi connectivity index (χ0v) is 26.9. The Kier molecular flexibility index (Phi) is 9.63. The summed E-state index contributed by atoms with van der Waals surface area (Å²) in [6.45, 7) is 16.8. The van der Waals surface area contributed by atoms with Gasteiger partial charge < -0.3 is 29.8 Å². The molecule has 1 fully saturated rings. The molecule has 12 heteroatoms. The Morgan fingerprint density at radius 1 is 1.19 bits per heavy atom. The van der Waals surface area contributed by atoms with E-state index >= 15 is 0 Å². The standard InChI is InChI=1S/C30H45FN4O6Si/c1-28(2,3)35(27(39)40)18-30(14-13-20(15-30)17-41-42(7,8)29(4,5)6)26-33-22(23(36)25(38)34-26)24(37)32-16-19-9-11-21(31)12-10-19/h9-12,20,36H,13-18H2,1-8H3,(H,32,37)(H,39,40)(H,33,34,38)/t20-,30+/m1/s1. The molecule has 1 aliphatic carbocycles. The number of H-pyrrole nitrogens is 1. The lowest BCUT2D eigenvalue weighted by atomic mass is 9.82. The van der Waals surface area contributed by atoms with Gasteiger partial charge in [0.15, 0.2) is 14.0 Å². The lowest BCUT2D eigenvalue weighted by Crippen LogP contribution is -2.52. The van der Waals surface area contributed by atoms with Crippen LogP contribution in [-0.4, -0.2) is 64.1 Å². The number of aromatic hydroxyl groups is 1. The van der Waals surface area contributed by atoms with Crippen LogP contribution in [0.4, 0.5) is 9.18 Å². The molecule has 2 amide bonds. The van der Waals surface area contributed by atoms with Gasteiger partial charge in [-0.05, 0) is 81.8 Å². The van der Waals surface area contributed by atoms with Crippen molar-refractivity contribution in [2.75, 3.05) is 13.2 Å². The third-order valence-corrected chi connectivity index (χ3v) is 13.2. The molecule has 0 spiro atoms. The molecule has 1 aliphatic rings. The highest BCUT2D eigenvalue weighted by Gasteiger charge is 2.48. The molecule has 232 valence electrons. The first kappa shape index (κ1) is 33.3. The van der Waals surface area contributed by atoms with Gasteiger partial charge in [-0.25, -0.2) is 14.2 Å². The van der Waals surface area contributed by atoms with Crippen LogP contribution >= 0.6 is 0 Å². The van der Waals surface area contributed by atoms with Crippen molar-refractivity contribution in [3.63, 3.8) is 0 Å². The van der Waals surface area contributed by atoms with Crippen LogP contribution in [0.5, 0.6) is 5.75 Å². The number of carbonyl (C=O) groups is 2. The van der Waals surface area contributed by atoms with Gasteiger partial charge >= 0.3 is 6.09 Å². The summed E-state index contributed by atoms with van der Waals surface area (Å²) < 4.78 is 19.8. The molecule has 1 aromatic carbocycles. The number of rotatable bonds is 9. The second kappa shape index (κ2) is 12.2. The number of nitrogens with zero attached hydrogens (tertiary/aromatic N) is 2. The van der Waals surface area contributed by atoms with E-state index in [9.17, 15) is 29.0 Å². The fourth-order valence-corrected chi connectivity index (χ4v) is 6.08. The van der Waals surface area contributed by atoms with Gasteiger partial charge in [0.25, 0.3) is 11.5 Å². The summed E-state index contributed by atoms with van der Waals surface area (Å²) >= 11 is 0. The van der Waals surface area contributed by atoms with Crippen LogP contribution in [0.1, 0.15) is 82.7 Å². The predicted molar refractivity (Wildman–Crippen MR) is 161 cm³/mol. The molecule has 42 heavy (non-hydrogen) atoms. The summed E-state index contributed by atoms with van der Waals surface area (Å²) in [5.41, 5.74) is -2.39. The highest BCUT2D eigenvalue weighted by molar-refractivity contribution is 6.74. The first-order chi connectivity index (χ1) is 19.3. The summed E-state index contributed by atoms with van der Waals surface area (Å²) in [5.74, 6) is -1.79. The Bertz CT molecular complexity index is 1350. The van der Waals surface area contributed by atoms with Gasteiger partial charge in [-0.2, -0.15) is 0 Å². The molecule has 1 aromatic heterocycles. The van der Waals surface area contributed by atoms with Gasteiger partial charge in [-0.3, -0.25) is 9.59 Å². The number of nitrogens with one attached hydrogen (secondary N) is 2. The number of halogens is 1. The van der Waals surface area contributed by atoms with Crippen LogP contribution in [0.25, 0.3) is 0 Å². The first-order valence-corrected chi connectivity index (χ1v) is 17.2. The minimum absolute atomic E-state index is 0.0228. The van der Waals surface area contributed by atoms with Gasteiger partial charge in [-0.1, -0.05) is 32.9 Å². The highest BCUT2D eigenvalue weighted by atomic mass is 28.4. The molecule has 2 atom stereocenters. The summed E-state index contributed by atoms with van der Waals surface area (Å²) in [6, 6.07) is 5.55. The summed E-state index contributed by atoms with van der Waals surface area (Å²) in [5, 5.41) is 23.3. The molecule has 0 unspecified atom stereocenters. The molecule has 2 aromatic rings. The van der Waals surface area contributed by atoms with Crippen molar-refractivity contribution in [2.45, 2.75) is 96.4 Å². The molecule has 3 rings (SSSR count). The van der Waals surface area contributed by atoms with E-state index < -0.39 is 54.1 Å². The maximum Gasteiger partial charge on any atom is 0.407 e. The van der Waals surface area contributed by atoms with Gasteiger partial charge in [0.2, 0.25) is 5.75 Å². The van der Waals surface area contributed by atoms with Crippen LogP contribution in [0.15, 0.2) is 29.1 Å². The molecule has 10 nitrogen and oxygen atoms in total. The lowest BCUT2D eigenvalue weighted by molar-refractivity contribution is 0.0788. The van der Waals surface area contributed by atoms with E-state index in [2.05, 4.69) is 49.1 Å². The number of amides is 2. The molecular formula is C30H45FN4O6Si. The van der Waals surface area contributed by atoms with Gasteiger partial charge in [0, 0.05) is 30.7 Å². The van der Waals surface area contributed by atoms with E-state index in [0.29, 0.717) is 31.4 Å². The van der Waals surface area contributed by atoms with Crippen LogP contribution in [-0.2, 0) is 16.4 Å². The second-order valence-electron chi connectivity index (χ2n) is 13.9. The van der Waals surface area contributed by atoms with Crippen LogP contribution in [0.3, 0.4) is 0 Å². The Hall–Kier alpha value is -3.25. The molecule has 0 bridgehead atoms. The monoisotopic (exact) mass is 604 g/mol. The molecule has 0 radical (unpaired) electrons. The smallest absolute Gasteiger partial charge is 0.407 e. The second-order valence-corrected chi connectivity index (χ2v) is 18.7. The number of hydrogen-bond acceptors (Lipinski definition) is 6. The first-order valence-electron chi connectivity index (χ1n) is 14.3. The van der Waals surface area contributed by atoms with Crippen LogP contribution in [0, 0.1) is 11.7 Å². The number of aromatic nitrogens is 2. The van der Waals surface area contributed by atoms with E-state index in [1.807, 2.05) is 0 Å². The highest BCUT2D eigenvalue weighted by Crippen LogP contribution is 2.46. The average molecular weight is 605 g/mol. The Labute approximate surface area is 247 Å². The predicted octanol–water partition coefficient (Wildman–Crippen LogP) is 5.38. The van der Waals surface area contributed by atoms with Crippen molar-refractivity contribution in [2.24, 2.45) is 5.92 Å². The Morgan fingerprint density at radius 3 is 2.36 bits per heavy atom. The van der Waals surface area contributed by atoms with Crippen molar-refractivity contribution < 1.29 is 28.6 Å². The van der Waals surface area contributed by atoms with E-state index in [-0.39, 0.29) is 29.9 Å². The molecule has 0 saturated heterocycles. The van der Waals surface area contributed by atoms with Crippen molar-refractivity contribution >= 4 is 20.3 Å². The maximum absolute atomic E-state index is 13.3. The fourth-order valence-electron chi connectivity index (χ4n) is 4.99. The SMILES string of the molecule is CC(C)(C)N(C[C@]1(c2nc(C(=O)NCc3ccc(F)cc3)c(O)c(=O)[nH]2)CC[C@@H](CO[Si](C)(C)C(C)(C)C)C1)C(=O)O. The summed E-state index contributed by atoms with van der Waals surface area (Å²) in [7, 11) is -2.04. The van der Waals surface area contributed by atoms with E-state index in [1.165, 1.54) is 29.2 Å². The van der Waals surface area contributed by atoms with E-state index in [1.54, 1.807) is 20.8 Å². The topological polar surface area (TPSA) is 145 Å². The minimum atomic E-state index is -2.04. The van der Waals surface area contributed by atoms with E-state index in [0.717, 1.165) is 0 Å². The van der Waals surface area contributed by atoms with Crippen molar-refractivity contribution in [1.82, 2.24) is 20.2 Å². The van der Waals surface area contributed by atoms with Gasteiger partial charge in [-0.15, -0.1) is 0 Å². The summed E-state index contributed by atoms with van der Waals surface area (Å²) in [4.78, 5) is 46.9. The zero-order valence-electron chi connectivity index (χ0n) is 25.9. The molecule has 4 N–H and O–H groups in total. The molecule has 1 saturated carbocycles. The molecule has 0 aliphatic heterocycles. The number of benzene rings is 1. The van der Waals surface area contributed by atoms with E-state index in [4.69, 9.17) is 4.43 Å². The normalized spacial score (nSPS) is 19.5. The third-order valence-electron chi connectivity index (χ3n) is 8.68. The van der Waals surface area contributed by atoms with Gasteiger partial charge in [0.1, 0.15) is 11.6 Å². The average Bonchev–Trinajstić information content (AvgIpc) is 3.30. The Morgan fingerprint density at radius 2 is 1.81 bits per heavy atom. The fraction of sp³-hybridized carbons (Fsp3) is 0.600. The molecule has 1 heterocycles.